The molecule has 0 bridgehead atoms. The van der Waals surface area contributed by atoms with Crippen LogP contribution in [-0.4, -0.2) is 9.78 Å². The fourth-order valence-electron chi connectivity index (χ4n) is 2.48. The molecule has 0 saturated carbocycles. The second-order valence-corrected chi connectivity index (χ2v) is 5.92. The average molecular weight is 327 g/mol. The molecule has 0 radical (unpaired) electrons. The highest BCUT2D eigenvalue weighted by atomic mass is 35.5. The average Bonchev–Trinajstić information content (AvgIpc) is 2.74. The third-order valence-electron chi connectivity index (χ3n) is 3.72. The smallest absolute Gasteiger partial charge is 0.0850 e. The van der Waals surface area contributed by atoms with Gasteiger partial charge in [0.1, 0.15) is 0 Å². The lowest BCUT2D eigenvalue weighted by Crippen LogP contribution is -2.30. The zero-order chi connectivity index (χ0) is 15.6. The lowest BCUT2D eigenvalue weighted by atomic mass is 9.98. The standard InChI is InChI=1S/C15H20Cl2N4/c1-4-12-15(17)14(21(3)20-12)8-13(19-18)11-7-10(16)6-5-9(11)2/h5-7,13,19H,4,8,18H2,1-3H3. The van der Waals surface area contributed by atoms with Crippen molar-refractivity contribution in [2.75, 3.05) is 0 Å². The second-order valence-electron chi connectivity index (χ2n) is 5.11. The van der Waals surface area contributed by atoms with E-state index in [0.29, 0.717) is 11.4 Å². The quantitative estimate of drug-likeness (QED) is 0.654. The number of nitrogens with zero attached hydrogens (tertiary/aromatic N) is 2. The normalized spacial score (nSPS) is 12.7. The van der Waals surface area contributed by atoms with Crippen molar-refractivity contribution in [3.8, 4) is 0 Å². The van der Waals surface area contributed by atoms with Gasteiger partial charge in [0.15, 0.2) is 0 Å². The van der Waals surface area contributed by atoms with E-state index in [0.717, 1.165) is 34.0 Å². The molecule has 0 spiro atoms. The molecule has 1 heterocycles. The molecule has 0 amide bonds. The Hall–Kier alpha value is -1.07. The Labute approximate surface area is 135 Å². The summed E-state index contributed by atoms with van der Waals surface area (Å²) >= 11 is 12.5. The Kier molecular flexibility index (Phi) is 5.27. The predicted octanol–water partition coefficient (Wildman–Crippen LogP) is 3.34. The monoisotopic (exact) mass is 326 g/mol. The number of aryl methyl sites for hydroxylation is 3. The van der Waals surface area contributed by atoms with Crippen LogP contribution in [-0.2, 0) is 19.9 Å². The zero-order valence-corrected chi connectivity index (χ0v) is 14.0. The fourth-order valence-corrected chi connectivity index (χ4v) is 3.03. The molecular weight excluding hydrogens is 307 g/mol. The summed E-state index contributed by atoms with van der Waals surface area (Å²) in [5.74, 6) is 5.75. The van der Waals surface area contributed by atoms with Gasteiger partial charge in [-0.25, -0.2) is 0 Å². The van der Waals surface area contributed by atoms with Gasteiger partial charge in [-0.2, -0.15) is 5.10 Å². The number of benzene rings is 1. The van der Waals surface area contributed by atoms with Crippen LogP contribution in [0.1, 0.15) is 35.5 Å². The van der Waals surface area contributed by atoms with E-state index in [1.54, 1.807) is 0 Å². The maximum atomic E-state index is 6.41. The number of hydrogen-bond acceptors (Lipinski definition) is 3. The number of aromatic nitrogens is 2. The van der Waals surface area contributed by atoms with E-state index in [4.69, 9.17) is 29.0 Å². The summed E-state index contributed by atoms with van der Waals surface area (Å²) < 4.78 is 1.82. The van der Waals surface area contributed by atoms with Crippen LogP contribution in [0, 0.1) is 6.92 Å². The van der Waals surface area contributed by atoms with Crippen LogP contribution in [0.3, 0.4) is 0 Å². The molecule has 114 valence electrons. The Morgan fingerprint density at radius 2 is 2.10 bits per heavy atom. The number of hydrazine groups is 1. The third-order valence-corrected chi connectivity index (χ3v) is 4.39. The number of nitrogens with one attached hydrogen (secondary N) is 1. The van der Waals surface area contributed by atoms with Crippen LogP contribution in [0.5, 0.6) is 0 Å². The molecule has 4 nitrogen and oxygen atoms in total. The highest BCUT2D eigenvalue weighted by Gasteiger charge is 2.20. The van der Waals surface area contributed by atoms with Crippen molar-refractivity contribution in [2.45, 2.75) is 32.7 Å². The SMILES string of the molecule is CCc1nn(C)c(CC(NN)c2cc(Cl)ccc2C)c1Cl. The van der Waals surface area contributed by atoms with Crippen molar-refractivity contribution in [3.05, 3.63) is 50.8 Å². The molecule has 0 aliphatic rings. The maximum absolute atomic E-state index is 6.41. The van der Waals surface area contributed by atoms with E-state index in [2.05, 4.69) is 10.5 Å². The summed E-state index contributed by atoms with van der Waals surface area (Å²) in [5, 5.41) is 5.86. The van der Waals surface area contributed by atoms with Gasteiger partial charge in [0.2, 0.25) is 0 Å². The highest BCUT2D eigenvalue weighted by molar-refractivity contribution is 6.32. The highest BCUT2D eigenvalue weighted by Crippen LogP contribution is 2.28. The summed E-state index contributed by atoms with van der Waals surface area (Å²) in [6.07, 6.45) is 1.46. The van der Waals surface area contributed by atoms with E-state index in [1.165, 1.54) is 0 Å². The molecule has 0 fully saturated rings. The predicted molar refractivity (Wildman–Crippen MR) is 87.6 cm³/mol. The Bertz CT molecular complexity index is 637. The van der Waals surface area contributed by atoms with Gasteiger partial charge in [0.05, 0.1) is 22.5 Å². The first-order valence-corrected chi connectivity index (χ1v) is 7.65. The van der Waals surface area contributed by atoms with Crippen LogP contribution in [0.25, 0.3) is 0 Å². The van der Waals surface area contributed by atoms with Crippen molar-refractivity contribution < 1.29 is 0 Å². The number of hydrogen-bond donors (Lipinski definition) is 2. The van der Waals surface area contributed by atoms with Crippen LogP contribution < -0.4 is 11.3 Å². The van der Waals surface area contributed by atoms with Crippen molar-refractivity contribution in [2.24, 2.45) is 12.9 Å². The van der Waals surface area contributed by atoms with Gasteiger partial charge in [-0.3, -0.25) is 16.0 Å². The maximum Gasteiger partial charge on any atom is 0.0850 e. The molecule has 21 heavy (non-hydrogen) atoms. The Morgan fingerprint density at radius 3 is 2.67 bits per heavy atom. The molecule has 2 rings (SSSR count). The molecule has 0 aliphatic heterocycles. The van der Waals surface area contributed by atoms with Crippen LogP contribution in [0.4, 0.5) is 0 Å². The van der Waals surface area contributed by atoms with Gasteiger partial charge in [-0.1, -0.05) is 36.2 Å². The van der Waals surface area contributed by atoms with E-state index < -0.39 is 0 Å². The van der Waals surface area contributed by atoms with E-state index in [9.17, 15) is 0 Å². The number of rotatable bonds is 5. The van der Waals surface area contributed by atoms with Crippen molar-refractivity contribution in [1.29, 1.82) is 0 Å². The van der Waals surface area contributed by atoms with Crippen LogP contribution >= 0.6 is 23.2 Å². The van der Waals surface area contributed by atoms with Crippen LogP contribution in [0.2, 0.25) is 10.0 Å². The minimum atomic E-state index is -0.0682. The van der Waals surface area contributed by atoms with Gasteiger partial charge in [0, 0.05) is 18.5 Å². The fraction of sp³-hybridized carbons (Fsp3) is 0.400. The molecule has 1 unspecified atom stereocenters. The lowest BCUT2D eigenvalue weighted by Gasteiger charge is -2.19. The summed E-state index contributed by atoms with van der Waals surface area (Å²) in [4.78, 5) is 0. The molecule has 1 aromatic carbocycles. The lowest BCUT2D eigenvalue weighted by molar-refractivity contribution is 0.528. The van der Waals surface area contributed by atoms with Gasteiger partial charge < -0.3 is 0 Å². The summed E-state index contributed by atoms with van der Waals surface area (Å²) in [6.45, 7) is 4.08. The zero-order valence-electron chi connectivity index (χ0n) is 12.5. The summed E-state index contributed by atoms with van der Waals surface area (Å²) in [5.41, 5.74) is 6.94. The van der Waals surface area contributed by atoms with E-state index >= 15 is 0 Å². The summed E-state index contributed by atoms with van der Waals surface area (Å²) in [6, 6.07) is 5.73. The molecular formula is C15H20Cl2N4. The molecule has 1 atom stereocenters. The first-order chi connectivity index (χ1) is 9.97. The minimum absolute atomic E-state index is 0.0682. The molecule has 0 saturated heterocycles. The van der Waals surface area contributed by atoms with Gasteiger partial charge in [0.25, 0.3) is 0 Å². The Morgan fingerprint density at radius 1 is 1.38 bits per heavy atom. The number of halogens is 2. The summed E-state index contributed by atoms with van der Waals surface area (Å²) in [7, 11) is 1.90. The Balaban J connectivity index is 2.36. The van der Waals surface area contributed by atoms with Crippen molar-refractivity contribution >= 4 is 23.2 Å². The van der Waals surface area contributed by atoms with Crippen molar-refractivity contribution in [3.63, 3.8) is 0 Å². The van der Waals surface area contributed by atoms with E-state index in [-0.39, 0.29) is 6.04 Å². The topological polar surface area (TPSA) is 55.9 Å². The molecule has 3 N–H and O–H groups in total. The van der Waals surface area contributed by atoms with Gasteiger partial charge >= 0.3 is 0 Å². The number of nitrogens with two attached hydrogens (primary N) is 1. The van der Waals surface area contributed by atoms with Crippen LogP contribution in [0.15, 0.2) is 18.2 Å². The van der Waals surface area contributed by atoms with Gasteiger partial charge in [-0.15, -0.1) is 0 Å². The molecule has 1 aromatic heterocycles. The van der Waals surface area contributed by atoms with E-state index in [1.807, 2.05) is 43.8 Å². The third kappa shape index (κ3) is 3.40. The first kappa shape index (κ1) is 16.3. The van der Waals surface area contributed by atoms with Gasteiger partial charge in [-0.05, 0) is 36.6 Å². The van der Waals surface area contributed by atoms with Crippen molar-refractivity contribution in [1.82, 2.24) is 15.2 Å². The first-order valence-electron chi connectivity index (χ1n) is 6.90. The molecule has 6 heteroatoms. The largest absolute Gasteiger partial charge is 0.271 e. The minimum Gasteiger partial charge on any atom is -0.271 e. The molecule has 0 aliphatic carbocycles. The molecule has 2 aromatic rings. The second kappa shape index (κ2) is 6.79.